The highest BCUT2D eigenvalue weighted by Crippen LogP contribution is 2.26. The largest absolute Gasteiger partial charge is 0.435 e. The SMILES string of the molecule is N#CC(=Cc1c(Oc2ccccc2F)nc2ccccn2c1=O)C(=O)NC1CCCC1. The van der Waals surface area contributed by atoms with Crippen LogP contribution >= 0.6 is 0 Å². The maximum absolute atomic E-state index is 14.1. The lowest BCUT2D eigenvalue weighted by Crippen LogP contribution is -2.33. The number of nitrogens with one attached hydrogen (secondary N) is 1. The van der Waals surface area contributed by atoms with E-state index in [1.807, 2.05) is 6.07 Å². The molecule has 31 heavy (non-hydrogen) atoms. The van der Waals surface area contributed by atoms with Gasteiger partial charge in [0, 0.05) is 12.2 Å². The van der Waals surface area contributed by atoms with Crippen molar-refractivity contribution < 1.29 is 13.9 Å². The summed E-state index contributed by atoms with van der Waals surface area (Å²) in [6, 6.07) is 12.5. The molecule has 4 rings (SSSR count). The maximum atomic E-state index is 14.1. The molecule has 0 saturated heterocycles. The van der Waals surface area contributed by atoms with E-state index in [4.69, 9.17) is 4.74 Å². The Hall–Kier alpha value is -3.99. The number of fused-ring (bicyclic) bond motifs is 1. The number of hydrogen-bond donors (Lipinski definition) is 1. The van der Waals surface area contributed by atoms with Crippen LogP contribution in [0.1, 0.15) is 31.2 Å². The molecule has 1 fully saturated rings. The van der Waals surface area contributed by atoms with Crippen LogP contribution in [0, 0.1) is 17.1 Å². The normalized spacial score (nSPS) is 14.4. The van der Waals surface area contributed by atoms with Crippen LogP contribution in [-0.2, 0) is 4.79 Å². The zero-order valence-electron chi connectivity index (χ0n) is 16.5. The highest BCUT2D eigenvalue weighted by molar-refractivity contribution is 6.02. The van der Waals surface area contributed by atoms with Crippen LogP contribution in [0.5, 0.6) is 11.6 Å². The second-order valence-electron chi connectivity index (χ2n) is 7.22. The lowest BCUT2D eigenvalue weighted by atomic mass is 10.1. The minimum absolute atomic E-state index is 0.00853. The number of amides is 1. The molecule has 1 saturated carbocycles. The smallest absolute Gasteiger partial charge is 0.269 e. The Kier molecular flexibility index (Phi) is 5.76. The molecular formula is C23H19FN4O3. The number of benzene rings is 1. The van der Waals surface area contributed by atoms with Gasteiger partial charge in [-0.15, -0.1) is 0 Å². The van der Waals surface area contributed by atoms with Gasteiger partial charge >= 0.3 is 0 Å². The predicted molar refractivity (Wildman–Crippen MR) is 112 cm³/mol. The molecule has 1 aliphatic rings. The summed E-state index contributed by atoms with van der Waals surface area (Å²) < 4.78 is 21.0. The summed E-state index contributed by atoms with van der Waals surface area (Å²) in [6.45, 7) is 0. The maximum Gasteiger partial charge on any atom is 0.269 e. The van der Waals surface area contributed by atoms with Gasteiger partial charge in [-0.05, 0) is 43.2 Å². The van der Waals surface area contributed by atoms with Gasteiger partial charge < -0.3 is 10.1 Å². The topological polar surface area (TPSA) is 96.5 Å². The summed E-state index contributed by atoms with van der Waals surface area (Å²) >= 11 is 0. The second-order valence-corrected chi connectivity index (χ2v) is 7.22. The number of rotatable bonds is 5. The van der Waals surface area contributed by atoms with Gasteiger partial charge in [0.25, 0.3) is 11.5 Å². The fourth-order valence-electron chi connectivity index (χ4n) is 3.54. The Morgan fingerprint density at radius 2 is 1.97 bits per heavy atom. The molecule has 0 unspecified atom stereocenters. The number of pyridine rings is 1. The summed E-state index contributed by atoms with van der Waals surface area (Å²) in [6.07, 6.45) is 6.41. The first-order chi connectivity index (χ1) is 15.1. The molecule has 7 nitrogen and oxygen atoms in total. The summed E-state index contributed by atoms with van der Waals surface area (Å²) in [5.41, 5.74) is -0.631. The highest BCUT2D eigenvalue weighted by Gasteiger charge is 2.21. The van der Waals surface area contributed by atoms with Gasteiger partial charge in [-0.1, -0.05) is 31.0 Å². The van der Waals surface area contributed by atoms with E-state index in [1.54, 1.807) is 24.3 Å². The molecule has 2 aromatic heterocycles. The van der Waals surface area contributed by atoms with Crippen molar-refractivity contribution in [3.8, 4) is 17.7 Å². The molecule has 8 heteroatoms. The quantitative estimate of drug-likeness (QED) is 0.505. The van der Waals surface area contributed by atoms with E-state index in [9.17, 15) is 19.2 Å². The van der Waals surface area contributed by atoms with Crippen LogP contribution < -0.4 is 15.6 Å². The lowest BCUT2D eigenvalue weighted by molar-refractivity contribution is -0.117. The Morgan fingerprint density at radius 1 is 1.23 bits per heavy atom. The lowest BCUT2D eigenvalue weighted by Gasteiger charge is -2.12. The van der Waals surface area contributed by atoms with Crippen molar-refractivity contribution in [3.63, 3.8) is 0 Å². The van der Waals surface area contributed by atoms with Crippen molar-refractivity contribution in [2.75, 3.05) is 0 Å². The fourth-order valence-corrected chi connectivity index (χ4v) is 3.54. The van der Waals surface area contributed by atoms with E-state index in [-0.39, 0.29) is 34.5 Å². The van der Waals surface area contributed by atoms with Crippen LogP contribution in [0.2, 0.25) is 0 Å². The minimum Gasteiger partial charge on any atom is -0.435 e. The molecule has 1 N–H and O–H groups in total. The first kappa shape index (κ1) is 20.3. The number of hydrogen-bond acceptors (Lipinski definition) is 5. The summed E-state index contributed by atoms with van der Waals surface area (Å²) in [4.78, 5) is 30.0. The molecular weight excluding hydrogens is 399 g/mol. The number of halogens is 1. The van der Waals surface area contributed by atoms with E-state index >= 15 is 0 Å². The second kappa shape index (κ2) is 8.79. The molecule has 0 bridgehead atoms. The van der Waals surface area contributed by atoms with Gasteiger partial charge in [-0.25, -0.2) is 4.39 Å². The average molecular weight is 418 g/mol. The number of carbonyl (C=O) groups is 1. The first-order valence-corrected chi connectivity index (χ1v) is 9.93. The molecule has 2 heterocycles. The van der Waals surface area contributed by atoms with Crippen molar-refractivity contribution in [2.45, 2.75) is 31.7 Å². The molecule has 1 amide bonds. The number of ether oxygens (including phenoxy) is 1. The van der Waals surface area contributed by atoms with Gasteiger partial charge in [-0.2, -0.15) is 10.2 Å². The van der Waals surface area contributed by atoms with Gasteiger partial charge in [0.15, 0.2) is 11.6 Å². The van der Waals surface area contributed by atoms with Crippen LogP contribution in [0.3, 0.4) is 0 Å². The summed E-state index contributed by atoms with van der Waals surface area (Å²) in [5, 5.41) is 12.4. The van der Waals surface area contributed by atoms with E-state index < -0.39 is 17.3 Å². The number of para-hydroxylation sites is 1. The van der Waals surface area contributed by atoms with E-state index in [1.165, 1.54) is 28.8 Å². The summed E-state index contributed by atoms with van der Waals surface area (Å²) in [5.74, 6) is -1.52. The third kappa shape index (κ3) is 4.31. The Bertz CT molecular complexity index is 1270. The Morgan fingerprint density at radius 3 is 2.71 bits per heavy atom. The van der Waals surface area contributed by atoms with Crippen LogP contribution in [0.25, 0.3) is 11.7 Å². The third-order valence-corrected chi connectivity index (χ3v) is 5.12. The molecule has 0 radical (unpaired) electrons. The van der Waals surface area contributed by atoms with Crippen molar-refractivity contribution in [3.05, 3.63) is 76.0 Å². The van der Waals surface area contributed by atoms with Gasteiger partial charge in [0.1, 0.15) is 22.9 Å². The van der Waals surface area contributed by atoms with Crippen molar-refractivity contribution >= 4 is 17.6 Å². The number of nitrogens with zero attached hydrogens (tertiary/aromatic N) is 3. The van der Waals surface area contributed by atoms with Gasteiger partial charge in [0.05, 0.1) is 0 Å². The summed E-state index contributed by atoms with van der Waals surface area (Å²) in [7, 11) is 0. The number of aromatic nitrogens is 2. The van der Waals surface area contributed by atoms with Crippen molar-refractivity contribution in [1.29, 1.82) is 5.26 Å². The average Bonchev–Trinajstić information content (AvgIpc) is 3.28. The molecule has 0 aliphatic heterocycles. The number of nitriles is 1. The molecule has 1 aromatic carbocycles. The van der Waals surface area contributed by atoms with E-state index in [2.05, 4.69) is 10.3 Å². The fraction of sp³-hybridized carbons (Fsp3) is 0.217. The molecule has 3 aromatic rings. The molecule has 0 spiro atoms. The zero-order valence-corrected chi connectivity index (χ0v) is 16.5. The zero-order chi connectivity index (χ0) is 21.8. The highest BCUT2D eigenvalue weighted by atomic mass is 19.1. The standard InChI is InChI=1S/C23H19FN4O3/c24-18-9-3-4-10-19(18)31-22-17(23(30)28-12-6-5-11-20(28)27-22)13-15(14-25)21(29)26-16-7-1-2-8-16/h3-6,9-13,16H,1-2,7-8H2,(H,26,29). The monoisotopic (exact) mass is 418 g/mol. The van der Waals surface area contributed by atoms with Crippen molar-refractivity contribution in [2.24, 2.45) is 0 Å². The van der Waals surface area contributed by atoms with Gasteiger partial charge in [-0.3, -0.25) is 14.0 Å². The minimum atomic E-state index is -0.632. The Balaban J connectivity index is 1.80. The molecule has 156 valence electrons. The first-order valence-electron chi connectivity index (χ1n) is 9.93. The van der Waals surface area contributed by atoms with Crippen molar-refractivity contribution in [1.82, 2.24) is 14.7 Å². The van der Waals surface area contributed by atoms with Crippen LogP contribution in [0.4, 0.5) is 4.39 Å². The van der Waals surface area contributed by atoms with E-state index in [0.717, 1.165) is 31.8 Å². The van der Waals surface area contributed by atoms with Crippen LogP contribution in [0.15, 0.2) is 59.0 Å². The molecule has 1 aliphatic carbocycles. The van der Waals surface area contributed by atoms with Gasteiger partial charge in [0.2, 0.25) is 5.88 Å². The van der Waals surface area contributed by atoms with Crippen LogP contribution in [-0.4, -0.2) is 21.3 Å². The third-order valence-electron chi connectivity index (χ3n) is 5.12. The molecule has 0 atom stereocenters. The predicted octanol–water partition coefficient (Wildman–Crippen LogP) is 3.59. The Labute approximate surface area is 177 Å². The van der Waals surface area contributed by atoms with E-state index in [0.29, 0.717) is 0 Å². The number of carbonyl (C=O) groups excluding carboxylic acids is 1.